The van der Waals surface area contributed by atoms with Gasteiger partial charge in [-0.1, -0.05) is 107 Å². The van der Waals surface area contributed by atoms with Gasteiger partial charge in [0.15, 0.2) is 0 Å². The Balaban J connectivity index is 0. The molecule has 2 rings (SSSR count). The monoisotopic (exact) mass is 752 g/mol. The molecule has 243 valence electrons. The average Bonchev–Trinajstić information content (AvgIpc) is 2.86. The predicted octanol–water partition coefficient (Wildman–Crippen LogP) is 4.33. The molecule has 2 aromatic carbocycles. The van der Waals surface area contributed by atoms with Crippen LogP contribution >= 0.6 is 0 Å². The molecule has 6 heteroatoms. The second-order valence-electron chi connectivity index (χ2n) is 13.4. The Labute approximate surface area is 291 Å². The van der Waals surface area contributed by atoms with Gasteiger partial charge in [-0.2, -0.15) is 0 Å². The van der Waals surface area contributed by atoms with E-state index < -0.39 is 0 Å². The third-order valence-electron chi connectivity index (χ3n) is 7.93. The third kappa shape index (κ3) is 12.8. The molecule has 0 amide bonds. The van der Waals surface area contributed by atoms with Crippen molar-refractivity contribution in [1.29, 1.82) is 0 Å². The Kier molecular flexibility index (Phi) is 22.1. The maximum atomic E-state index is 3.83. The molecule has 2 aromatic rings. The van der Waals surface area contributed by atoms with E-state index >= 15 is 0 Å². The number of nitrogens with one attached hydrogen (secondary N) is 3. The van der Waals surface area contributed by atoms with Gasteiger partial charge in [0.05, 0.1) is 0 Å². The molecule has 0 spiro atoms. The molecular weight excluding hydrogens is 693 g/mol. The standard InChI is InChI=1S/C36H61N3.2BrH.Co/c1-23(2)29-19-31(25(5)6)35(32(20-29)26(7)8)38-17-13-15-37-16-14-18-39-36-33(27(9)10)21-30(24(3)4)22-34(36)28(11)12;;;/h19-28,37-39H,13-18H2,1-12H3;2*1H;/q;;;+2/p-2. The van der Waals surface area contributed by atoms with Crippen LogP contribution in [-0.4, -0.2) is 26.2 Å². The van der Waals surface area contributed by atoms with Crippen LogP contribution in [0, 0.1) is 0 Å². The van der Waals surface area contributed by atoms with Crippen LogP contribution in [0.25, 0.3) is 0 Å². The molecule has 0 aromatic heterocycles. The molecule has 1 radical (unpaired) electrons. The van der Waals surface area contributed by atoms with Gasteiger partial charge >= 0.3 is 16.8 Å². The topological polar surface area (TPSA) is 36.1 Å². The van der Waals surface area contributed by atoms with Crippen molar-refractivity contribution in [2.75, 3.05) is 36.8 Å². The predicted molar refractivity (Wildman–Crippen MR) is 177 cm³/mol. The van der Waals surface area contributed by atoms with Gasteiger partial charge in [0.1, 0.15) is 0 Å². The van der Waals surface area contributed by atoms with E-state index in [0.29, 0.717) is 35.5 Å². The SMILES string of the molecule is CC(C)c1cc(C(C)C)c(NCCCNCCCNc2c(C(C)C)cc(C(C)C)cc2C(C)C)c(C(C)C)c1.[Br-].[Br-].[Co+2]. The Morgan fingerprint density at radius 2 is 0.690 bits per heavy atom. The molecule has 0 unspecified atom stereocenters. The average molecular weight is 755 g/mol. The van der Waals surface area contributed by atoms with E-state index in [1.807, 2.05) is 0 Å². The van der Waals surface area contributed by atoms with E-state index in [9.17, 15) is 0 Å². The second-order valence-corrected chi connectivity index (χ2v) is 13.4. The smallest absolute Gasteiger partial charge is 1.00 e. The molecule has 0 heterocycles. The first-order chi connectivity index (χ1) is 18.3. The molecule has 42 heavy (non-hydrogen) atoms. The first-order valence-corrected chi connectivity index (χ1v) is 15.9. The van der Waals surface area contributed by atoms with Crippen LogP contribution in [0.15, 0.2) is 24.3 Å². The van der Waals surface area contributed by atoms with Crippen LogP contribution in [0.2, 0.25) is 0 Å². The van der Waals surface area contributed by atoms with Crippen molar-refractivity contribution in [2.24, 2.45) is 0 Å². The summed E-state index contributed by atoms with van der Waals surface area (Å²) in [6.45, 7) is 31.8. The van der Waals surface area contributed by atoms with Crippen molar-refractivity contribution < 1.29 is 50.7 Å². The molecule has 0 saturated carbocycles. The minimum Gasteiger partial charge on any atom is -1.00 e. The summed E-state index contributed by atoms with van der Waals surface area (Å²) in [5.41, 5.74) is 11.5. The van der Waals surface area contributed by atoms with Gasteiger partial charge in [-0.25, -0.2) is 0 Å². The van der Waals surface area contributed by atoms with Gasteiger partial charge in [-0.3, -0.25) is 0 Å². The molecule has 0 aliphatic heterocycles. The van der Waals surface area contributed by atoms with Crippen molar-refractivity contribution >= 4 is 11.4 Å². The van der Waals surface area contributed by atoms with E-state index in [4.69, 9.17) is 0 Å². The zero-order chi connectivity index (χ0) is 29.3. The summed E-state index contributed by atoms with van der Waals surface area (Å²) in [6.07, 6.45) is 2.25. The first-order valence-electron chi connectivity index (χ1n) is 15.9. The zero-order valence-corrected chi connectivity index (χ0v) is 32.8. The van der Waals surface area contributed by atoms with Crippen molar-refractivity contribution in [3.8, 4) is 0 Å². The van der Waals surface area contributed by atoms with E-state index in [-0.39, 0.29) is 50.7 Å². The maximum absolute atomic E-state index is 3.83. The number of hydrogen-bond donors (Lipinski definition) is 3. The third-order valence-corrected chi connectivity index (χ3v) is 7.93. The molecule has 0 aliphatic rings. The van der Waals surface area contributed by atoms with E-state index in [1.165, 1.54) is 44.8 Å². The van der Waals surface area contributed by atoms with Crippen LogP contribution in [-0.2, 0) is 16.8 Å². The fourth-order valence-corrected chi connectivity index (χ4v) is 5.30. The van der Waals surface area contributed by atoms with Gasteiger partial charge in [0.25, 0.3) is 0 Å². The number of anilines is 2. The number of halogens is 2. The van der Waals surface area contributed by atoms with Gasteiger partial charge in [0, 0.05) is 24.5 Å². The number of hydrogen-bond acceptors (Lipinski definition) is 3. The van der Waals surface area contributed by atoms with Crippen LogP contribution in [0.3, 0.4) is 0 Å². The number of benzene rings is 2. The summed E-state index contributed by atoms with van der Waals surface area (Å²) < 4.78 is 0. The number of rotatable bonds is 16. The quantitative estimate of drug-likeness (QED) is 0.224. The van der Waals surface area contributed by atoms with E-state index in [1.54, 1.807) is 0 Å². The van der Waals surface area contributed by atoms with Crippen molar-refractivity contribution in [3.05, 3.63) is 57.6 Å². The summed E-state index contributed by atoms with van der Waals surface area (Å²) >= 11 is 0. The Bertz CT molecular complexity index is 893. The normalized spacial score (nSPS) is 11.3. The van der Waals surface area contributed by atoms with Crippen LogP contribution in [0.1, 0.15) is 165 Å². The molecular formula is C36H61Br2CoN3. The van der Waals surface area contributed by atoms with Gasteiger partial charge < -0.3 is 49.9 Å². The molecule has 3 N–H and O–H groups in total. The summed E-state index contributed by atoms with van der Waals surface area (Å²) in [4.78, 5) is 0. The van der Waals surface area contributed by atoms with Crippen LogP contribution in [0.5, 0.6) is 0 Å². The largest absolute Gasteiger partial charge is 2.00 e. The minimum absolute atomic E-state index is 0. The summed E-state index contributed by atoms with van der Waals surface area (Å²) in [6, 6.07) is 9.72. The summed E-state index contributed by atoms with van der Waals surface area (Å²) in [7, 11) is 0. The molecule has 3 nitrogen and oxygen atoms in total. The zero-order valence-electron chi connectivity index (χ0n) is 28.6. The Hall–Kier alpha value is -0.534. The van der Waals surface area contributed by atoms with Gasteiger partial charge in [-0.15, -0.1) is 0 Å². The Morgan fingerprint density at radius 3 is 0.905 bits per heavy atom. The van der Waals surface area contributed by atoms with E-state index in [0.717, 1.165) is 39.0 Å². The summed E-state index contributed by atoms with van der Waals surface area (Å²) in [5, 5.41) is 11.3. The molecule has 0 saturated heterocycles. The van der Waals surface area contributed by atoms with E-state index in [2.05, 4.69) is 123 Å². The fraction of sp³-hybridized carbons (Fsp3) is 0.667. The van der Waals surface area contributed by atoms with Crippen LogP contribution < -0.4 is 49.9 Å². The van der Waals surface area contributed by atoms with Crippen molar-refractivity contribution in [2.45, 2.75) is 131 Å². The molecule has 0 fully saturated rings. The van der Waals surface area contributed by atoms with Gasteiger partial charge in [0.2, 0.25) is 0 Å². The molecule has 0 atom stereocenters. The molecule has 0 bridgehead atoms. The Morgan fingerprint density at radius 1 is 0.429 bits per heavy atom. The maximum Gasteiger partial charge on any atom is 2.00 e. The second kappa shape index (κ2) is 21.2. The van der Waals surface area contributed by atoms with Crippen LogP contribution in [0.4, 0.5) is 11.4 Å². The van der Waals surface area contributed by atoms with Crippen molar-refractivity contribution in [3.63, 3.8) is 0 Å². The van der Waals surface area contributed by atoms with Gasteiger partial charge in [-0.05, 0) is 94.8 Å². The first kappa shape index (κ1) is 43.6. The summed E-state index contributed by atoms with van der Waals surface area (Å²) in [5.74, 6) is 3.18. The fourth-order valence-electron chi connectivity index (χ4n) is 5.30. The van der Waals surface area contributed by atoms with Crippen molar-refractivity contribution in [1.82, 2.24) is 5.32 Å². The molecule has 0 aliphatic carbocycles. The minimum atomic E-state index is 0.